The molecule has 0 fully saturated rings. The first-order valence-electron chi connectivity index (χ1n) is 4.46. The quantitative estimate of drug-likeness (QED) is 0.637. The third kappa shape index (κ3) is 3.39. The molecule has 0 rings (SSSR count). The van der Waals surface area contributed by atoms with E-state index in [9.17, 15) is 4.57 Å². The summed E-state index contributed by atoms with van der Waals surface area (Å²) in [6.07, 6.45) is 0. The zero-order chi connectivity index (χ0) is 11.2. The maximum Gasteiger partial charge on any atom is 0.362 e. The van der Waals surface area contributed by atoms with Crippen LogP contribution in [-0.4, -0.2) is 38.0 Å². The lowest BCUT2D eigenvalue weighted by molar-refractivity contribution is 0.198. The van der Waals surface area contributed by atoms with E-state index in [1.807, 2.05) is 6.07 Å². The van der Waals surface area contributed by atoms with Gasteiger partial charge < -0.3 is 9.05 Å². The summed E-state index contributed by atoms with van der Waals surface area (Å²) in [6, 6.07) is 1.92. The number of rotatable bonds is 6. The molecule has 6 heteroatoms. The molecule has 0 aromatic rings. The van der Waals surface area contributed by atoms with Crippen molar-refractivity contribution in [3.8, 4) is 6.07 Å². The predicted molar refractivity (Wildman–Crippen MR) is 53.9 cm³/mol. The van der Waals surface area contributed by atoms with Crippen LogP contribution in [0.1, 0.15) is 13.8 Å². The van der Waals surface area contributed by atoms with Crippen molar-refractivity contribution < 1.29 is 13.6 Å². The topological polar surface area (TPSA) is 62.6 Å². The highest BCUT2D eigenvalue weighted by Gasteiger charge is 2.37. The molecule has 82 valence electrons. The van der Waals surface area contributed by atoms with E-state index in [4.69, 9.17) is 14.3 Å². The summed E-state index contributed by atoms with van der Waals surface area (Å²) in [5.41, 5.74) is 0. The van der Waals surface area contributed by atoms with Gasteiger partial charge in [0.05, 0.1) is 19.3 Å². The van der Waals surface area contributed by atoms with Crippen molar-refractivity contribution >= 4 is 7.60 Å². The SMILES string of the molecule is CCOP(=O)(OCC)C(C#N)N(C)C. The van der Waals surface area contributed by atoms with Crippen LogP contribution < -0.4 is 0 Å². The molecule has 0 aromatic heterocycles. The highest BCUT2D eigenvalue weighted by atomic mass is 31.2. The Morgan fingerprint density at radius 2 is 1.79 bits per heavy atom. The molecule has 5 nitrogen and oxygen atoms in total. The van der Waals surface area contributed by atoms with E-state index < -0.39 is 13.4 Å². The van der Waals surface area contributed by atoms with Gasteiger partial charge in [0, 0.05) is 0 Å². The summed E-state index contributed by atoms with van der Waals surface area (Å²) in [5.74, 6) is -0.845. The van der Waals surface area contributed by atoms with E-state index >= 15 is 0 Å². The van der Waals surface area contributed by atoms with Gasteiger partial charge in [-0.2, -0.15) is 5.26 Å². The van der Waals surface area contributed by atoms with Gasteiger partial charge in [-0.15, -0.1) is 0 Å². The van der Waals surface area contributed by atoms with Gasteiger partial charge in [-0.05, 0) is 27.9 Å². The van der Waals surface area contributed by atoms with Crippen LogP contribution in [0.3, 0.4) is 0 Å². The molecular weight excluding hydrogens is 203 g/mol. The number of nitriles is 1. The van der Waals surface area contributed by atoms with Crippen LogP contribution in [0, 0.1) is 11.3 Å². The third-order valence-electron chi connectivity index (χ3n) is 1.52. The fourth-order valence-electron chi connectivity index (χ4n) is 1.01. The van der Waals surface area contributed by atoms with E-state index in [1.165, 1.54) is 4.90 Å². The van der Waals surface area contributed by atoms with Crippen LogP contribution in [0.5, 0.6) is 0 Å². The van der Waals surface area contributed by atoms with Crippen molar-refractivity contribution in [2.24, 2.45) is 0 Å². The zero-order valence-electron chi connectivity index (χ0n) is 9.06. The molecule has 0 heterocycles. The molecule has 0 saturated heterocycles. The smallest absolute Gasteiger partial charge is 0.307 e. The molecule has 0 aliphatic carbocycles. The fourth-order valence-corrected chi connectivity index (χ4v) is 2.79. The summed E-state index contributed by atoms with van der Waals surface area (Å²) >= 11 is 0. The van der Waals surface area contributed by atoms with Crippen molar-refractivity contribution in [1.29, 1.82) is 5.26 Å². The van der Waals surface area contributed by atoms with Crippen LogP contribution in [0.4, 0.5) is 0 Å². The van der Waals surface area contributed by atoms with E-state index in [-0.39, 0.29) is 13.2 Å². The minimum atomic E-state index is -3.32. The molecule has 1 unspecified atom stereocenters. The van der Waals surface area contributed by atoms with Gasteiger partial charge in [-0.3, -0.25) is 9.46 Å². The first-order chi connectivity index (χ1) is 6.51. The summed E-state index contributed by atoms with van der Waals surface area (Å²) in [7, 11) is 0.00971. The molecule has 0 spiro atoms. The number of hydrogen-bond acceptors (Lipinski definition) is 5. The standard InChI is InChI=1S/C8H17N2O3P/c1-5-12-14(11,13-6-2)8(7-9)10(3)4/h8H,5-6H2,1-4H3. The first-order valence-corrected chi connectivity index (χ1v) is 6.07. The Kier molecular flexibility index (Phi) is 5.98. The predicted octanol–water partition coefficient (Wildman–Crippen LogP) is 1.66. The second-order valence-electron chi connectivity index (χ2n) is 2.84. The maximum atomic E-state index is 12.1. The Balaban J connectivity index is 4.79. The average Bonchev–Trinajstić information content (AvgIpc) is 2.04. The van der Waals surface area contributed by atoms with E-state index in [2.05, 4.69) is 0 Å². The van der Waals surface area contributed by atoms with Crippen molar-refractivity contribution in [1.82, 2.24) is 4.90 Å². The Hall–Kier alpha value is -0.400. The number of nitrogens with zero attached hydrogens (tertiary/aromatic N) is 2. The molecule has 0 aliphatic heterocycles. The minimum absolute atomic E-state index is 0.267. The lowest BCUT2D eigenvalue weighted by atomic mass is 10.6. The monoisotopic (exact) mass is 220 g/mol. The average molecular weight is 220 g/mol. The second-order valence-corrected chi connectivity index (χ2v) is 4.93. The summed E-state index contributed by atoms with van der Waals surface area (Å²) in [6.45, 7) is 3.97. The van der Waals surface area contributed by atoms with E-state index in [0.29, 0.717) is 0 Å². The van der Waals surface area contributed by atoms with Crippen LogP contribution in [0.2, 0.25) is 0 Å². The molecule has 14 heavy (non-hydrogen) atoms. The molecular formula is C8H17N2O3P. The lowest BCUT2D eigenvalue weighted by Crippen LogP contribution is -2.28. The molecule has 0 N–H and O–H groups in total. The Morgan fingerprint density at radius 1 is 1.36 bits per heavy atom. The van der Waals surface area contributed by atoms with Crippen LogP contribution in [0.15, 0.2) is 0 Å². The maximum absolute atomic E-state index is 12.1. The Bertz CT molecular complexity index is 239. The normalized spacial score (nSPS) is 14.0. The molecule has 1 atom stereocenters. The summed E-state index contributed by atoms with van der Waals surface area (Å²) in [5, 5.41) is 8.86. The first kappa shape index (κ1) is 13.6. The largest absolute Gasteiger partial charge is 0.362 e. The second kappa shape index (κ2) is 6.15. The van der Waals surface area contributed by atoms with Gasteiger partial charge in [0.25, 0.3) is 0 Å². The fraction of sp³-hybridized carbons (Fsp3) is 0.875. The summed E-state index contributed by atoms with van der Waals surface area (Å²) < 4.78 is 22.2. The van der Waals surface area contributed by atoms with Gasteiger partial charge in [0.1, 0.15) is 0 Å². The van der Waals surface area contributed by atoms with Crippen molar-refractivity contribution in [3.63, 3.8) is 0 Å². The Labute approximate surface area is 85.1 Å². The molecule has 0 aromatic carbocycles. The molecule has 0 amide bonds. The van der Waals surface area contributed by atoms with Gasteiger partial charge in [-0.1, -0.05) is 0 Å². The summed E-state index contributed by atoms with van der Waals surface area (Å²) in [4.78, 5) is 1.53. The Morgan fingerprint density at radius 3 is 2.00 bits per heavy atom. The number of hydrogen-bond donors (Lipinski definition) is 0. The van der Waals surface area contributed by atoms with Gasteiger partial charge >= 0.3 is 7.60 Å². The van der Waals surface area contributed by atoms with Gasteiger partial charge in [0.2, 0.25) is 0 Å². The lowest BCUT2D eigenvalue weighted by Gasteiger charge is -2.25. The highest BCUT2D eigenvalue weighted by molar-refractivity contribution is 7.54. The van der Waals surface area contributed by atoms with E-state index in [0.717, 1.165) is 0 Å². The molecule has 0 radical (unpaired) electrons. The van der Waals surface area contributed by atoms with Crippen LogP contribution in [0.25, 0.3) is 0 Å². The molecule has 0 bridgehead atoms. The molecule has 0 saturated carbocycles. The van der Waals surface area contributed by atoms with Crippen LogP contribution >= 0.6 is 7.60 Å². The van der Waals surface area contributed by atoms with E-state index in [1.54, 1.807) is 27.9 Å². The van der Waals surface area contributed by atoms with Gasteiger partial charge in [-0.25, -0.2) is 0 Å². The third-order valence-corrected chi connectivity index (χ3v) is 3.93. The van der Waals surface area contributed by atoms with Crippen molar-refractivity contribution in [3.05, 3.63) is 0 Å². The van der Waals surface area contributed by atoms with Gasteiger partial charge in [0.15, 0.2) is 5.78 Å². The van der Waals surface area contributed by atoms with Crippen molar-refractivity contribution in [2.75, 3.05) is 27.3 Å². The zero-order valence-corrected chi connectivity index (χ0v) is 9.95. The van der Waals surface area contributed by atoms with Crippen LogP contribution in [-0.2, 0) is 13.6 Å². The van der Waals surface area contributed by atoms with Crippen molar-refractivity contribution in [2.45, 2.75) is 19.6 Å². The highest BCUT2D eigenvalue weighted by Crippen LogP contribution is 2.53. The molecule has 0 aliphatic rings. The minimum Gasteiger partial charge on any atom is -0.307 e.